The van der Waals surface area contributed by atoms with Crippen molar-refractivity contribution in [2.75, 3.05) is 0 Å². The molecular formula is C22H21Cl2NO. The molecule has 4 heteroatoms. The van der Waals surface area contributed by atoms with E-state index in [9.17, 15) is 0 Å². The normalized spacial score (nSPS) is 10.7. The van der Waals surface area contributed by atoms with Crippen LogP contribution in [-0.4, -0.2) is 0 Å². The Labute approximate surface area is 164 Å². The molecule has 3 aromatic rings. The monoisotopic (exact) mass is 385 g/mol. The van der Waals surface area contributed by atoms with Gasteiger partial charge in [0.05, 0.1) is 0 Å². The van der Waals surface area contributed by atoms with Crippen molar-refractivity contribution in [3.8, 4) is 5.75 Å². The summed E-state index contributed by atoms with van der Waals surface area (Å²) in [6.07, 6.45) is 0. The highest BCUT2D eigenvalue weighted by molar-refractivity contribution is 6.31. The summed E-state index contributed by atoms with van der Waals surface area (Å²) < 4.78 is 5.99. The molecule has 0 atom stereocenters. The van der Waals surface area contributed by atoms with Gasteiger partial charge in [0.25, 0.3) is 0 Å². The molecule has 0 heterocycles. The predicted octanol–water partition coefficient (Wildman–Crippen LogP) is 6.17. The van der Waals surface area contributed by atoms with E-state index in [1.165, 1.54) is 11.1 Å². The Bertz CT molecular complexity index is 862. The summed E-state index contributed by atoms with van der Waals surface area (Å²) in [5, 5.41) is 4.86. The van der Waals surface area contributed by atoms with E-state index >= 15 is 0 Å². The third kappa shape index (κ3) is 5.25. The van der Waals surface area contributed by atoms with Crippen molar-refractivity contribution in [2.45, 2.75) is 26.6 Å². The molecule has 2 nitrogen and oxygen atoms in total. The minimum absolute atomic E-state index is 0.423. The number of nitrogens with one attached hydrogen (secondary N) is 1. The summed E-state index contributed by atoms with van der Waals surface area (Å²) in [6.45, 7) is 3.97. The molecule has 0 unspecified atom stereocenters. The lowest BCUT2D eigenvalue weighted by Crippen LogP contribution is -2.13. The molecule has 0 aliphatic rings. The molecule has 0 amide bonds. The van der Waals surface area contributed by atoms with Crippen molar-refractivity contribution in [1.82, 2.24) is 5.32 Å². The van der Waals surface area contributed by atoms with Gasteiger partial charge in [-0.1, -0.05) is 71.2 Å². The number of halogens is 2. The van der Waals surface area contributed by atoms with Crippen LogP contribution in [-0.2, 0) is 19.7 Å². The summed E-state index contributed by atoms with van der Waals surface area (Å²) in [4.78, 5) is 0. The van der Waals surface area contributed by atoms with Gasteiger partial charge in [0.2, 0.25) is 0 Å². The molecule has 134 valence electrons. The highest BCUT2D eigenvalue weighted by Crippen LogP contribution is 2.25. The van der Waals surface area contributed by atoms with Crippen LogP contribution >= 0.6 is 23.2 Å². The first kappa shape index (κ1) is 18.8. The van der Waals surface area contributed by atoms with Crippen molar-refractivity contribution in [3.63, 3.8) is 0 Å². The van der Waals surface area contributed by atoms with Gasteiger partial charge >= 0.3 is 0 Å². The molecule has 3 rings (SSSR count). The van der Waals surface area contributed by atoms with E-state index in [1.54, 1.807) is 0 Å². The predicted molar refractivity (Wildman–Crippen MR) is 109 cm³/mol. The van der Waals surface area contributed by atoms with Gasteiger partial charge in [-0.3, -0.25) is 0 Å². The fourth-order valence-corrected chi connectivity index (χ4v) is 3.03. The van der Waals surface area contributed by atoms with Gasteiger partial charge in [-0.2, -0.15) is 0 Å². The van der Waals surface area contributed by atoms with Gasteiger partial charge in [0, 0.05) is 34.3 Å². The van der Waals surface area contributed by atoms with Gasteiger partial charge in [0.1, 0.15) is 12.4 Å². The van der Waals surface area contributed by atoms with E-state index in [-0.39, 0.29) is 0 Å². The highest BCUT2D eigenvalue weighted by atomic mass is 35.5. The summed E-state index contributed by atoms with van der Waals surface area (Å²) in [7, 11) is 0. The second-order valence-electron chi connectivity index (χ2n) is 6.22. The topological polar surface area (TPSA) is 21.3 Å². The van der Waals surface area contributed by atoms with Gasteiger partial charge in [-0.25, -0.2) is 0 Å². The molecule has 0 saturated heterocycles. The van der Waals surface area contributed by atoms with E-state index in [0.29, 0.717) is 23.2 Å². The average molecular weight is 386 g/mol. The summed E-state index contributed by atoms with van der Waals surface area (Å²) in [6, 6.07) is 21.9. The van der Waals surface area contributed by atoms with Crippen LogP contribution in [0, 0.1) is 6.92 Å². The van der Waals surface area contributed by atoms with Crippen LogP contribution in [0.1, 0.15) is 22.3 Å². The Balaban J connectivity index is 1.63. The summed E-state index contributed by atoms with van der Waals surface area (Å²) >= 11 is 12.4. The molecule has 1 N–H and O–H groups in total. The lowest BCUT2D eigenvalue weighted by molar-refractivity contribution is 0.302. The SMILES string of the molecule is Cc1ccc(CNCc2cc(Cl)ccc2OCc2ccccc2Cl)cc1. The quantitative estimate of drug-likeness (QED) is 0.524. The number of ether oxygens (including phenoxy) is 1. The molecular weight excluding hydrogens is 365 g/mol. The lowest BCUT2D eigenvalue weighted by Gasteiger charge is -2.14. The van der Waals surface area contributed by atoms with Crippen molar-refractivity contribution >= 4 is 23.2 Å². The maximum atomic E-state index is 6.20. The largest absolute Gasteiger partial charge is 0.489 e. The molecule has 0 aliphatic carbocycles. The van der Waals surface area contributed by atoms with Gasteiger partial charge < -0.3 is 10.1 Å². The van der Waals surface area contributed by atoms with Gasteiger partial charge in [-0.05, 0) is 36.8 Å². The van der Waals surface area contributed by atoms with Gasteiger partial charge in [-0.15, -0.1) is 0 Å². The zero-order valence-electron chi connectivity index (χ0n) is 14.6. The number of aryl methyl sites for hydroxylation is 1. The standard InChI is InChI=1S/C22H21Cl2NO/c1-16-6-8-17(9-7-16)13-25-14-19-12-20(23)10-11-22(19)26-15-18-4-2-3-5-21(18)24/h2-12,25H,13-15H2,1H3. The number of hydrogen-bond donors (Lipinski definition) is 1. The fourth-order valence-electron chi connectivity index (χ4n) is 2.65. The number of hydrogen-bond acceptors (Lipinski definition) is 2. The Morgan fingerprint density at radius 3 is 2.38 bits per heavy atom. The summed E-state index contributed by atoms with van der Waals surface area (Å²) in [5.74, 6) is 0.811. The minimum atomic E-state index is 0.423. The third-order valence-corrected chi connectivity index (χ3v) is 4.73. The van der Waals surface area contributed by atoms with E-state index in [1.807, 2.05) is 42.5 Å². The van der Waals surface area contributed by atoms with Crippen LogP contribution in [0.15, 0.2) is 66.7 Å². The Morgan fingerprint density at radius 1 is 0.846 bits per heavy atom. The van der Waals surface area contributed by atoms with Crippen molar-refractivity contribution in [2.24, 2.45) is 0 Å². The third-order valence-electron chi connectivity index (χ3n) is 4.13. The van der Waals surface area contributed by atoms with Crippen LogP contribution in [0.5, 0.6) is 5.75 Å². The van der Waals surface area contributed by atoms with Crippen LogP contribution in [0.4, 0.5) is 0 Å². The van der Waals surface area contributed by atoms with E-state index in [2.05, 4.69) is 36.5 Å². The van der Waals surface area contributed by atoms with E-state index < -0.39 is 0 Å². The molecule has 0 bridgehead atoms. The first-order valence-corrected chi connectivity index (χ1v) is 9.28. The van der Waals surface area contributed by atoms with Crippen LogP contribution in [0.25, 0.3) is 0 Å². The average Bonchev–Trinajstić information content (AvgIpc) is 2.64. The number of rotatable bonds is 7. The molecule has 0 aliphatic heterocycles. The minimum Gasteiger partial charge on any atom is -0.489 e. The Hall–Kier alpha value is -2.00. The first-order valence-electron chi connectivity index (χ1n) is 8.53. The molecule has 3 aromatic carbocycles. The zero-order valence-corrected chi connectivity index (χ0v) is 16.1. The smallest absolute Gasteiger partial charge is 0.124 e. The second-order valence-corrected chi connectivity index (χ2v) is 7.06. The molecule has 0 spiro atoms. The zero-order chi connectivity index (χ0) is 18.4. The van der Waals surface area contributed by atoms with Crippen LogP contribution in [0.2, 0.25) is 10.0 Å². The first-order chi connectivity index (χ1) is 12.6. The van der Waals surface area contributed by atoms with Crippen molar-refractivity contribution in [3.05, 3.63) is 99.0 Å². The van der Waals surface area contributed by atoms with Crippen molar-refractivity contribution < 1.29 is 4.74 Å². The number of benzene rings is 3. The van der Waals surface area contributed by atoms with Gasteiger partial charge in [0.15, 0.2) is 0 Å². The lowest BCUT2D eigenvalue weighted by atomic mass is 10.1. The van der Waals surface area contributed by atoms with E-state index in [0.717, 1.165) is 23.4 Å². The van der Waals surface area contributed by atoms with Crippen LogP contribution in [0.3, 0.4) is 0 Å². The van der Waals surface area contributed by atoms with Crippen molar-refractivity contribution in [1.29, 1.82) is 0 Å². The maximum Gasteiger partial charge on any atom is 0.124 e. The summed E-state index contributed by atoms with van der Waals surface area (Å²) in [5.41, 5.74) is 4.49. The van der Waals surface area contributed by atoms with E-state index in [4.69, 9.17) is 27.9 Å². The Kier molecular flexibility index (Phi) is 6.56. The molecule has 0 fully saturated rings. The Morgan fingerprint density at radius 2 is 1.62 bits per heavy atom. The second kappa shape index (κ2) is 9.09. The molecule has 0 radical (unpaired) electrons. The molecule has 0 saturated carbocycles. The van der Waals surface area contributed by atoms with Crippen LogP contribution < -0.4 is 10.1 Å². The maximum absolute atomic E-state index is 6.20. The molecule has 0 aromatic heterocycles. The molecule has 26 heavy (non-hydrogen) atoms. The highest BCUT2D eigenvalue weighted by Gasteiger charge is 2.07. The fraction of sp³-hybridized carbons (Fsp3) is 0.182.